The maximum Gasteiger partial charge on any atom is 0.146 e. The topological polar surface area (TPSA) is 50.9 Å². The average Bonchev–Trinajstić information content (AvgIpc) is 2.51. The van der Waals surface area contributed by atoms with Gasteiger partial charge in [-0.05, 0) is 62.7 Å². The smallest absolute Gasteiger partial charge is 0.146 e. The summed E-state index contributed by atoms with van der Waals surface area (Å²) in [7, 11) is 1.95. The summed E-state index contributed by atoms with van der Waals surface area (Å²) in [5, 5.41) is 3.13. The lowest BCUT2D eigenvalue weighted by molar-refractivity contribution is 0.632. The fourth-order valence-corrected chi connectivity index (χ4v) is 2.21. The van der Waals surface area contributed by atoms with Crippen LogP contribution in [0.15, 0.2) is 36.5 Å². The maximum absolute atomic E-state index is 13.3. The number of hydrogen-bond acceptors (Lipinski definition) is 3. The number of nitrogens with one attached hydrogen (secondary N) is 1. The molecule has 0 aliphatic carbocycles. The van der Waals surface area contributed by atoms with Gasteiger partial charge in [0.25, 0.3) is 0 Å². The highest BCUT2D eigenvalue weighted by Crippen LogP contribution is 2.25. The predicted molar refractivity (Wildman–Crippen MR) is 91.0 cm³/mol. The zero-order valence-corrected chi connectivity index (χ0v) is 13.1. The van der Waals surface area contributed by atoms with Crippen molar-refractivity contribution in [3.05, 3.63) is 53.6 Å². The second-order valence-corrected chi connectivity index (χ2v) is 5.28. The van der Waals surface area contributed by atoms with Gasteiger partial charge in [0.15, 0.2) is 0 Å². The monoisotopic (exact) mass is 299 g/mol. The Hall–Kier alpha value is -2.20. The minimum Gasteiger partial charge on any atom is -0.396 e. The van der Waals surface area contributed by atoms with Crippen LogP contribution in [0.4, 0.5) is 10.1 Å². The third kappa shape index (κ3) is 4.15. The van der Waals surface area contributed by atoms with Gasteiger partial charge in [-0.25, -0.2) is 4.39 Å². The average molecular weight is 299 g/mol. The molecule has 0 fully saturated rings. The number of rotatable bonds is 6. The van der Waals surface area contributed by atoms with Crippen LogP contribution >= 0.6 is 0 Å². The number of pyridine rings is 1. The SMILES string of the molecule is CNCCC/C=C\c1cc(-c2ccc(F)c(N)c2)cnc1C. The Bertz CT molecular complexity index is 665. The maximum atomic E-state index is 13.3. The summed E-state index contributed by atoms with van der Waals surface area (Å²) in [6.07, 6.45) is 8.17. The summed E-state index contributed by atoms with van der Waals surface area (Å²) in [4.78, 5) is 4.42. The quantitative estimate of drug-likeness (QED) is 0.630. The van der Waals surface area contributed by atoms with Gasteiger partial charge in [0.05, 0.1) is 5.69 Å². The Balaban J connectivity index is 2.20. The molecule has 0 atom stereocenters. The lowest BCUT2D eigenvalue weighted by Gasteiger charge is -2.07. The summed E-state index contributed by atoms with van der Waals surface area (Å²) in [6, 6.07) is 6.81. The van der Waals surface area contributed by atoms with Crippen molar-refractivity contribution in [3.8, 4) is 11.1 Å². The molecule has 0 bridgehead atoms. The number of hydrogen-bond donors (Lipinski definition) is 2. The predicted octanol–water partition coefficient (Wildman–Crippen LogP) is 3.79. The van der Waals surface area contributed by atoms with Crippen molar-refractivity contribution in [2.75, 3.05) is 19.3 Å². The van der Waals surface area contributed by atoms with Gasteiger partial charge in [-0.15, -0.1) is 0 Å². The van der Waals surface area contributed by atoms with Crippen molar-refractivity contribution in [3.63, 3.8) is 0 Å². The van der Waals surface area contributed by atoms with E-state index in [-0.39, 0.29) is 5.69 Å². The van der Waals surface area contributed by atoms with E-state index < -0.39 is 5.82 Å². The highest BCUT2D eigenvalue weighted by atomic mass is 19.1. The lowest BCUT2D eigenvalue weighted by Crippen LogP contribution is -2.06. The molecule has 0 saturated heterocycles. The van der Waals surface area contributed by atoms with E-state index in [0.717, 1.165) is 41.8 Å². The number of aryl methyl sites for hydroxylation is 1. The van der Waals surface area contributed by atoms with Crippen LogP contribution in [0.3, 0.4) is 0 Å². The van der Waals surface area contributed by atoms with Crippen molar-refractivity contribution in [1.29, 1.82) is 0 Å². The molecule has 0 aliphatic rings. The molecule has 0 amide bonds. The molecule has 3 N–H and O–H groups in total. The highest BCUT2D eigenvalue weighted by Gasteiger charge is 2.05. The van der Waals surface area contributed by atoms with E-state index in [4.69, 9.17) is 5.73 Å². The molecule has 116 valence electrons. The Morgan fingerprint density at radius 2 is 2.09 bits per heavy atom. The number of nitrogen functional groups attached to an aromatic ring is 1. The molecule has 22 heavy (non-hydrogen) atoms. The Labute approximate surface area is 131 Å². The fourth-order valence-electron chi connectivity index (χ4n) is 2.21. The van der Waals surface area contributed by atoms with E-state index >= 15 is 0 Å². The third-order valence-corrected chi connectivity index (χ3v) is 3.55. The summed E-state index contributed by atoms with van der Waals surface area (Å²) in [6.45, 7) is 2.99. The first-order chi connectivity index (χ1) is 10.6. The molecular formula is C18H22FN3. The van der Waals surface area contributed by atoms with Crippen LogP contribution < -0.4 is 11.1 Å². The van der Waals surface area contributed by atoms with E-state index in [2.05, 4.69) is 28.5 Å². The number of benzene rings is 1. The van der Waals surface area contributed by atoms with Crippen LogP contribution in [0.25, 0.3) is 17.2 Å². The van der Waals surface area contributed by atoms with Crippen LogP contribution in [0.1, 0.15) is 24.1 Å². The van der Waals surface area contributed by atoms with Crippen molar-refractivity contribution >= 4 is 11.8 Å². The molecule has 0 unspecified atom stereocenters. The van der Waals surface area contributed by atoms with Crippen LogP contribution in [0, 0.1) is 12.7 Å². The van der Waals surface area contributed by atoms with Crippen LogP contribution in [0.2, 0.25) is 0 Å². The Kier molecular flexibility index (Phi) is 5.67. The molecular weight excluding hydrogens is 277 g/mol. The minimum absolute atomic E-state index is 0.155. The van der Waals surface area contributed by atoms with Crippen molar-refractivity contribution < 1.29 is 4.39 Å². The zero-order valence-electron chi connectivity index (χ0n) is 13.1. The van der Waals surface area contributed by atoms with E-state index in [0.29, 0.717) is 0 Å². The third-order valence-electron chi connectivity index (χ3n) is 3.55. The first-order valence-corrected chi connectivity index (χ1v) is 7.45. The Morgan fingerprint density at radius 1 is 1.27 bits per heavy atom. The lowest BCUT2D eigenvalue weighted by atomic mass is 10.0. The van der Waals surface area contributed by atoms with Crippen molar-refractivity contribution in [2.24, 2.45) is 0 Å². The minimum atomic E-state index is -0.395. The first-order valence-electron chi connectivity index (χ1n) is 7.45. The molecule has 2 rings (SSSR count). The number of unbranched alkanes of at least 4 members (excludes halogenated alkanes) is 1. The number of allylic oxidation sites excluding steroid dienone is 1. The number of nitrogens with two attached hydrogens (primary N) is 1. The van der Waals surface area contributed by atoms with E-state index in [1.807, 2.05) is 14.0 Å². The molecule has 2 aromatic rings. The standard InChI is InChI=1S/C18H22FN3/c1-13-14(6-4-3-5-9-21-2)10-16(12-22-13)15-7-8-17(19)18(20)11-15/h4,6-8,10-12,21H,3,5,9,20H2,1-2H3/b6-4-. The number of halogens is 1. The number of nitrogens with zero attached hydrogens (tertiary/aromatic N) is 1. The van der Waals surface area contributed by atoms with Gasteiger partial charge in [0, 0.05) is 17.5 Å². The van der Waals surface area contributed by atoms with Gasteiger partial charge in [-0.1, -0.05) is 18.2 Å². The summed E-state index contributed by atoms with van der Waals surface area (Å²) >= 11 is 0. The van der Waals surface area contributed by atoms with Gasteiger partial charge >= 0.3 is 0 Å². The largest absolute Gasteiger partial charge is 0.396 e. The normalized spacial score (nSPS) is 11.2. The molecule has 4 heteroatoms. The Morgan fingerprint density at radius 3 is 2.82 bits per heavy atom. The first kappa shape index (κ1) is 16.2. The van der Waals surface area contributed by atoms with Crippen LogP contribution in [-0.4, -0.2) is 18.6 Å². The van der Waals surface area contributed by atoms with Crippen molar-refractivity contribution in [2.45, 2.75) is 19.8 Å². The van der Waals surface area contributed by atoms with Gasteiger partial charge in [-0.2, -0.15) is 0 Å². The van der Waals surface area contributed by atoms with E-state index in [1.165, 1.54) is 6.07 Å². The molecule has 1 heterocycles. The molecule has 0 saturated carbocycles. The second kappa shape index (κ2) is 7.71. The van der Waals surface area contributed by atoms with Crippen LogP contribution in [-0.2, 0) is 0 Å². The molecule has 0 aliphatic heterocycles. The summed E-state index contributed by atoms with van der Waals surface area (Å²) < 4.78 is 13.3. The molecule has 0 radical (unpaired) electrons. The summed E-state index contributed by atoms with van der Waals surface area (Å²) in [5.74, 6) is -0.395. The van der Waals surface area contributed by atoms with Crippen molar-refractivity contribution in [1.82, 2.24) is 10.3 Å². The molecule has 1 aromatic heterocycles. The van der Waals surface area contributed by atoms with E-state index in [1.54, 1.807) is 18.3 Å². The fraction of sp³-hybridized carbons (Fsp3) is 0.278. The number of anilines is 1. The van der Waals surface area contributed by atoms with Gasteiger partial charge in [0.2, 0.25) is 0 Å². The summed E-state index contributed by atoms with van der Waals surface area (Å²) in [5.41, 5.74) is 9.65. The van der Waals surface area contributed by atoms with Gasteiger partial charge in [-0.3, -0.25) is 4.98 Å². The van der Waals surface area contributed by atoms with Crippen LogP contribution in [0.5, 0.6) is 0 Å². The van der Waals surface area contributed by atoms with Gasteiger partial charge in [0.1, 0.15) is 5.82 Å². The van der Waals surface area contributed by atoms with E-state index in [9.17, 15) is 4.39 Å². The highest BCUT2D eigenvalue weighted by molar-refractivity contribution is 5.70. The molecule has 0 spiro atoms. The second-order valence-electron chi connectivity index (χ2n) is 5.28. The number of aromatic nitrogens is 1. The molecule has 1 aromatic carbocycles. The van der Waals surface area contributed by atoms with Gasteiger partial charge < -0.3 is 11.1 Å². The molecule has 3 nitrogen and oxygen atoms in total. The zero-order chi connectivity index (χ0) is 15.9.